The number of fused-ring (bicyclic) bond motifs is 2. The monoisotopic (exact) mass is 500 g/mol. The predicted molar refractivity (Wildman–Crippen MR) is 128 cm³/mol. The second kappa shape index (κ2) is 8.75. The van der Waals surface area contributed by atoms with Crippen molar-refractivity contribution >= 4 is 38.8 Å². The largest absolute Gasteiger partial charge is 0.456 e. The third-order valence-corrected chi connectivity index (χ3v) is 5.92. The smallest absolute Gasteiger partial charge is 0.428 e. The van der Waals surface area contributed by atoms with Crippen molar-refractivity contribution in [1.82, 2.24) is 5.43 Å². The standard InChI is InChI=1S/C24H21ClN2O6S/c1-24(2,3)33-23(28)27-26-15-9-11-17-20(13-15)32-19-12-14(25)8-10-16(19)22(17)18-6-4-5-7-21(18)34(29,30)31/h4-13H,1-3H3,(H,27,28)(H,29,30,31)/b26-15-. The summed E-state index contributed by atoms with van der Waals surface area (Å²) in [5.41, 5.74) is 3.46. The SMILES string of the molecule is CC(C)(C)OC(=O)N/N=c1/ccc2c(-c3ccccc3S(=O)(=O)O)c3ccc(Cl)cc3oc-2c1. The zero-order valence-corrected chi connectivity index (χ0v) is 20.1. The van der Waals surface area contributed by atoms with Crippen LogP contribution in [0.1, 0.15) is 20.8 Å². The highest BCUT2D eigenvalue weighted by Gasteiger charge is 2.23. The average Bonchev–Trinajstić information content (AvgIpc) is 2.74. The molecule has 176 valence electrons. The van der Waals surface area contributed by atoms with Crippen LogP contribution in [0.2, 0.25) is 5.02 Å². The molecule has 8 nitrogen and oxygen atoms in total. The van der Waals surface area contributed by atoms with E-state index in [9.17, 15) is 17.8 Å². The van der Waals surface area contributed by atoms with E-state index in [0.717, 1.165) is 0 Å². The first-order valence-corrected chi connectivity index (χ1v) is 12.0. The van der Waals surface area contributed by atoms with Crippen molar-refractivity contribution in [3.05, 3.63) is 71.0 Å². The number of amides is 1. The number of rotatable bonds is 3. The molecule has 2 N–H and O–H groups in total. The number of benzene rings is 3. The van der Waals surface area contributed by atoms with Gasteiger partial charge in [0.05, 0.1) is 5.36 Å². The van der Waals surface area contributed by atoms with Gasteiger partial charge in [0.15, 0.2) is 0 Å². The molecule has 0 saturated heterocycles. The van der Waals surface area contributed by atoms with Crippen LogP contribution in [0.3, 0.4) is 0 Å². The van der Waals surface area contributed by atoms with Crippen LogP contribution in [0.25, 0.3) is 33.4 Å². The van der Waals surface area contributed by atoms with Gasteiger partial charge in [-0.05, 0) is 51.1 Å². The Bertz CT molecular complexity index is 1550. The zero-order valence-electron chi connectivity index (χ0n) is 18.5. The van der Waals surface area contributed by atoms with Crippen molar-refractivity contribution in [3.8, 4) is 22.5 Å². The van der Waals surface area contributed by atoms with Crippen molar-refractivity contribution in [2.75, 3.05) is 0 Å². The second-order valence-electron chi connectivity index (χ2n) is 8.49. The highest BCUT2D eigenvalue weighted by Crippen LogP contribution is 2.42. The van der Waals surface area contributed by atoms with Crippen LogP contribution in [-0.2, 0) is 14.9 Å². The topological polar surface area (TPSA) is 118 Å². The fourth-order valence-electron chi connectivity index (χ4n) is 3.52. The van der Waals surface area contributed by atoms with Crippen molar-refractivity contribution < 1.29 is 26.9 Å². The molecule has 2 aromatic carbocycles. The lowest BCUT2D eigenvalue weighted by Crippen LogP contribution is -2.30. The van der Waals surface area contributed by atoms with Gasteiger partial charge >= 0.3 is 6.09 Å². The molecule has 0 saturated carbocycles. The van der Waals surface area contributed by atoms with Crippen molar-refractivity contribution in [3.63, 3.8) is 0 Å². The summed E-state index contributed by atoms with van der Waals surface area (Å²) in [7, 11) is -4.51. The first-order chi connectivity index (χ1) is 15.9. The number of carbonyl (C=O) groups excluding carboxylic acids is 1. The molecule has 0 atom stereocenters. The van der Waals surface area contributed by atoms with E-state index >= 15 is 0 Å². The third kappa shape index (κ3) is 5.06. The van der Waals surface area contributed by atoms with Crippen LogP contribution in [0.15, 0.2) is 75.1 Å². The molecule has 4 rings (SSSR count). The van der Waals surface area contributed by atoms with E-state index in [1.54, 1.807) is 69.3 Å². The summed E-state index contributed by atoms with van der Waals surface area (Å²) in [6.07, 6.45) is -0.711. The summed E-state index contributed by atoms with van der Waals surface area (Å²) in [4.78, 5) is 11.7. The molecule has 1 amide bonds. The second-order valence-corrected chi connectivity index (χ2v) is 10.3. The van der Waals surface area contributed by atoms with Crippen LogP contribution >= 0.6 is 11.6 Å². The van der Waals surface area contributed by atoms with Gasteiger partial charge < -0.3 is 9.15 Å². The fraction of sp³-hybridized carbons (Fsp3) is 0.167. The molecule has 1 aliphatic carbocycles. The molecule has 1 aliphatic heterocycles. The lowest BCUT2D eigenvalue weighted by Gasteiger charge is -2.18. The van der Waals surface area contributed by atoms with Crippen LogP contribution in [-0.4, -0.2) is 24.7 Å². The van der Waals surface area contributed by atoms with Crippen LogP contribution in [0, 0.1) is 0 Å². The minimum Gasteiger partial charge on any atom is -0.456 e. The number of nitrogens with zero attached hydrogens (tertiary/aromatic N) is 1. The van der Waals surface area contributed by atoms with Gasteiger partial charge in [-0.3, -0.25) is 4.55 Å². The molecule has 0 spiro atoms. The van der Waals surface area contributed by atoms with Gasteiger partial charge in [-0.2, -0.15) is 13.5 Å². The maximum Gasteiger partial charge on any atom is 0.428 e. The molecular formula is C24H21ClN2O6S. The number of ether oxygens (including phenoxy) is 1. The fourth-order valence-corrected chi connectivity index (χ4v) is 4.38. The zero-order chi connectivity index (χ0) is 24.7. The van der Waals surface area contributed by atoms with E-state index in [0.29, 0.717) is 43.8 Å². The molecule has 0 unspecified atom stereocenters. The summed E-state index contributed by atoms with van der Waals surface area (Å²) in [5, 5.41) is 5.45. The molecule has 2 aromatic rings. The Labute approximate surface area is 200 Å². The maximum atomic E-state index is 12.1. The molecule has 1 heterocycles. The molecular weight excluding hydrogens is 480 g/mol. The minimum absolute atomic E-state index is 0.237. The number of hydrogen-bond donors (Lipinski definition) is 2. The van der Waals surface area contributed by atoms with Crippen LogP contribution < -0.4 is 10.8 Å². The van der Waals surface area contributed by atoms with E-state index in [1.807, 2.05) is 0 Å². The van der Waals surface area contributed by atoms with E-state index in [2.05, 4.69) is 10.5 Å². The van der Waals surface area contributed by atoms with E-state index in [4.69, 9.17) is 20.8 Å². The van der Waals surface area contributed by atoms with Gasteiger partial charge in [0.1, 0.15) is 21.8 Å². The third-order valence-electron chi connectivity index (χ3n) is 4.78. The Balaban J connectivity index is 1.95. The van der Waals surface area contributed by atoms with E-state index < -0.39 is 21.8 Å². The number of carbonyl (C=O) groups is 1. The van der Waals surface area contributed by atoms with Gasteiger partial charge in [0.2, 0.25) is 0 Å². The molecule has 0 bridgehead atoms. The predicted octanol–water partition coefficient (Wildman–Crippen LogP) is 5.45. The molecule has 34 heavy (non-hydrogen) atoms. The number of nitrogens with one attached hydrogen (secondary N) is 1. The van der Waals surface area contributed by atoms with Crippen molar-refractivity contribution in [1.29, 1.82) is 0 Å². The Morgan fingerprint density at radius 3 is 2.50 bits per heavy atom. The van der Waals surface area contributed by atoms with E-state index in [1.165, 1.54) is 12.1 Å². The average molecular weight is 501 g/mol. The Morgan fingerprint density at radius 1 is 1.06 bits per heavy atom. The summed E-state index contributed by atoms with van der Waals surface area (Å²) in [5.74, 6) is 0.363. The molecule has 0 radical (unpaired) electrons. The Kier molecular flexibility index (Phi) is 6.11. The number of hydrogen-bond acceptors (Lipinski definition) is 6. The lowest BCUT2D eigenvalue weighted by molar-refractivity contribution is 0.0526. The Hall–Kier alpha value is -3.40. The molecule has 0 aromatic heterocycles. The normalized spacial score (nSPS) is 12.8. The maximum absolute atomic E-state index is 12.1. The van der Waals surface area contributed by atoms with Crippen molar-refractivity contribution in [2.45, 2.75) is 31.3 Å². The summed E-state index contributed by atoms with van der Waals surface area (Å²) in [6, 6.07) is 16.1. The van der Waals surface area contributed by atoms with Crippen LogP contribution in [0.4, 0.5) is 4.79 Å². The summed E-state index contributed by atoms with van der Waals surface area (Å²) >= 11 is 6.16. The first kappa shape index (κ1) is 23.7. The minimum atomic E-state index is -4.51. The first-order valence-electron chi connectivity index (χ1n) is 10.2. The number of halogens is 1. The molecule has 10 heteroatoms. The van der Waals surface area contributed by atoms with Gasteiger partial charge in [0, 0.05) is 39.2 Å². The quantitative estimate of drug-likeness (QED) is 0.219. The van der Waals surface area contributed by atoms with Gasteiger partial charge in [-0.1, -0.05) is 29.8 Å². The van der Waals surface area contributed by atoms with Crippen LogP contribution in [0.5, 0.6) is 0 Å². The summed E-state index contributed by atoms with van der Waals surface area (Å²) in [6.45, 7) is 5.22. The molecule has 2 aliphatic rings. The molecule has 0 fully saturated rings. The summed E-state index contributed by atoms with van der Waals surface area (Å²) < 4.78 is 45.2. The van der Waals surface area contributed by atoms with E-state index in [-0.39, 0.29) is 4.90 Å². The Morgan fingerprint density at radius 2 is 1.79 bits per heavy atom. The van der Waals surface area contributed by atoms with Gasteiger partial charge in [-0.25, -0.2) is 10.2 Å². The highest BCUT2D eigenvalue weighted by molar-refractivity contribution is 7.86. The van der Waals surface area contributed by atoms with Gasteiger partial charge in [-0.15, -0.1) is 0 Å². The highest BCUT2D eigenvalue weighted by atomic mass is 35.5. The van der Waals surface area contributed by atoms with Gasteiger partial charge in [0.25, 0.3) is 10.1 Å². The van der Waals surface area contributed by atoms with Crippen molar-refractivity contribution in [2.24, 2.45) is 5.10 Å². The lowest BCUT2D eigenvalue weighted by atomic mass is 9.94.